The Morgan fingerprint density at radius 3 is 2.62 bits per heavy atom. The highest BCUT2D eigenvalue weighted by Gasteiger charge is 2.15. The molecule has 4 aromatic rings. The second-order valence-corrected chi connectivity index (χ2v) is 6.40. The van der Waals surface area contributed by atoms with Gasteiger partial charge in [-0.15, -0.1) is 0 Å². The molecule has 0 fully saturated rings. The van der Waals surface area contributed by atoms with Gasteiger partial charge in [-0.05, 0) is 36.4 Å². The van der Waals surface area contributed by atoms with Gasteiger partial charge in [0.1, 0.15) is 12.4 Å². The monoisotopic (exact) mass is 391 g/mol. The van der Waals surface area contributed by atoms with Gasteiger partial charge < -0.3 is 20.7 Å². The number of aliphatic hydroxyl groups excluding tert-OH is 2. The van der Waals surface area contributed by atoms with Crippen LogP contribution in [0.3, 0.4) is 0 Å². The summed E-state index contributed by atoms with van der Waals surface area (Å²) < 4.78 is 7.46. The van der Waals surface area contributed by atoms with Crippen LogP contribution in [0.1, 0.15) is 11.4 Å². The van der Waals surface area contributed by atoms with Crippen molar-refractivity contribution in [1.29, 1.82) is 0 Å². The summed E-state index contributed by atoms with van der Waals surface area (Å²) >= 11 is 0. The molecule has 148 valence electrons. The number of rotatable bonds is 7. The number of aromatic nitrogens is 4. The molecule has 3 aromatic heterocycles. The molecule has 0 atom stereocenters. The highest BCUT2D eigenvalue weighted by Crippen LogP contribution is 2.33. The summed E-state index contributed by atoms with van der Waals surface area (Å²) in [5.41, 5.74) is 9.44. The first-order valence-electron chi connectivity index (χ1n) is 9.22. The van der Waals surface area contributed by atoms with Gasteiger partial charge in [0.15, 0.2) is 5.82 Å². The first-order chi connectivity index (χ1) is 14.2. The molecule has 0 unspecified atom stereocenters. The van der Waals surface area contributed by atoms with Crippen molar-refractivity contribution in [2.75, 3.05) is 13.2 Å². The van der Waals surface area contributed by atoms with Crippen molar-refractivity contribution in [2.45, 2.75) is 13.2 Å². The predicted molar refractivity (Wildman–Crippen MR) is 108 cm³/mol. The van der Waals surface area contributed by atoms with Crippen molar-refractivity contribution in [2.24, 2.45) is 5.73 Å². The molecular formula is C21H21N5O3. The zero-order valence-electron chi connectivity index (χ0n) is 15.7. The van der Waals surface area contributed by atoms with Crippen LogP contribution in [0.2, 0.25) is 0 Å². The van der Waals surface area contributed by atoms with E-state index in [9.17, 15) is 10.2 Å². The van der Waals surface area contributed by atoms with Crippen molar-refractivity contribution in [3.05, 3.63) is 66.1 Å². The molecule has 8 nitrogen and oxygen atoms in total. The molecule has 0 amide bonds. The summed E-state index contributed by atoms with van der Waals surface area (Å²) in [5.74, 6) is 1.18. The van der Waals surface area contributed by atoms with Crippen LogP contribution in [0.5, 0.6) is 5.75 Å². The Balaban J connectivity index is 1.90. The van der Waals surface area contributed by atoms with Crippen LogP contribution in [-0.2, 0) is 13.2 Å². The maximum atomic E-state index is 9.40. The Morgan fingerprint density at radius 1 is 1.00 bits per heavy atom. The summed E-state index contributed by atoms with van der Waals surface area (Å²) in [4.78, 5) is 9.04. The quantitative estimate of drug-likeness (QED) is 0.439. The van der Waals surface area contributed by atoms with Crippen LogP contribution < -0.4 is 10.5 Å². The number of aliphatic hydroxyl groups is 2. The molecule has 0 saturated heterocycles. The first kappa shape index (κ1) is 19.0. The van der Waals surface area contributed by atoms with Gasteiger partial charge in [0, 0.05) is 12.1 Å². The molecule has 1 aromatic carbocycles. The lowest BCUT2D eigenvalue weighted by Gasteiger charge is -2.11. The summed E-state index contributed by atoms with van der Waals surface area (Å²) in [6.07, 6.45) is 1.70. The molecule has 0 aliphatic rings. The number of hydrogen-bond donors (Lipinski definition) is 3. The molecule has 8 heteroatoms. The van der Waals surface area contributed by atoms with E-state index in [1.807, 2.05) is 42.5 Å². The fraction of sp³-hybridized carbons (Fsp3) is 0.190. The Hall–Kier alpha value is -3.33. The van der Waals surface area contributed by atoms with E-state index in [0.717, 1.165) is 27.9 Å². The summed E-state index contributed by atoms with van der Waals surface area (Å²) in [6.45, 7) is 0.262. The third kappa shape index (κ3) is 3.81. The average Bonchev–Trinajstić information content (AvgIpc) is 3.21. The second kappa shape index (κ2) is 8.36. The lowest BCUT2D eigenvalue weighted by Crippen LogP contribution is -2.04. The molecule has 0 spiro atoms. The third-order valence-corrected chi connectivity index (χ3v) is 4.48. The number of nitrogens with zero attached hydrogens (tertiary/aromatic N) is 4. The van der Waals surface area contributed by atoms with Crippen molar-refractivity contribution in [3.63, 3.8) is 0 Å². The van der Waals surface area contributed by atoms with Crippen LogP contribution >= 0.6 is 0 Å². The van der Waals surface area contributed by atoms with Crippen LogP contribution in [0.25, 0.3) is 28.0 Å². The smallest absolute Gasteiger partial charge is 0.154 e. The van der Waals surface area contributed by atoms with Crippen LogP contribution in [0, 0.1) is 0 Å². The van der Waals surface area contributed by atoms with E-state index in [1.165, 1.54) is 0 Å². The van der Waals surface area contributed by atoms with Gasteiger partial charge in [0.2, 0.25) is 0 Å². The Bertz CT molecular complexity index is 1140. The number of benzene rings is 1. The minimum atomic E-state index is -0.154. The van der Waals surface area contributed by atoms with Gasteiger partial charge in [0.25, 0.3) is 0 Å². The van der Waals surface area contributed by atoms with E-state index in [-0.39, 0.29) is 19.8 Å². The van der Waals surface area contributed by atoms with Gasteiger partial charge in [-0.25, -0.2) is 9.67 Å². The standard InChI is InChI=1S/C21H21N5O3/c22-11-15-3-1-5-18(24-15)14-9-19-17(20(10-14)29-8-7-27)12-23-26(19)21-6-2-4-16(13-28)25-21/h1-6,9-10,12,27-28H,7-8,11,13,22H2. The van der Waals surface area contributed by atoms with E-state index in [2.05, 4.69) is 15.1 Å². The fourth-order valence-electron chi connectivity index (χ4n) is 3.13. The van der Waals surface area contributed by atoms with Crippen molar-refractivity contribution >= 4 is 10.9 Å². The first-order valence-corrected chi connectivity index (χ1v) is 9.22. The molecule has 0 saturated carbocycles. The normalized spacial score (nSPS) is 11.1. The van der Waals surface area contributed by atoms with E-state index < -0.39 is 0 Å². The zero-order chi connectivity index (χ0) is 20.2. The van der Waals surface area contributed by atoms with Crippen LogP contribution in [-0.4, -0.2) is 43.2 Å². The lowest BCUT2D eigenvalue weighted by atomic mass is 10.1. The molecule has 4 rings (SSSR count). The number of pyridine rings is 2. The number of fused-ring (bicyclic) bond motifs is 1. The SMILES string of the molecule is NCc1cccc(-c2cc(OCCO)c3cnn(-c4cccc(CO)n4)c3c2)n1. The molecular weight excluding hydrogens is 370 g/mol. The van der Waals surface area contributed by atoms with E-state index in [1.54, 1.807) is 16.9 Å². The largest absolute Gasteiger partial charge is 0.490 e. The van der Waals surface area contributed by atoms with Crippen molar-refractivity contribution < 1.29 is 14.9 Å². The Kier molecular flexibility index (Phi) is 5.48. The van der Waals surface area contributed by atoms with E-state index >= 15 is 0 Å². The van der Waals surface area contributed by atoms with Gasteiger partial charge in [-0.3, -0.25) is 4.98 Å². The van der Waals surface area contributed by atoms with Crippen LogP contribution in [0.4, 0.5) is 0 Å². The Morgan fingerprint density at radius 2 is 1.83 bits per heavy atom. The molecule has 0 aliphatic heterocycles. The lowest BCUT2D eigenvalue weighted by molar-refractivity contribution is 0.203. The maximum absolute atomic E-state index is 9.40. The summed E-state index contributed by atoms with van der Waals surface area (Å²) in [6, 6.07) is 14.9. The summed E-state index contributed by atoms with van der Waals surface area (Å²) in [7, 11) is 0. The molecule has 29 heavy (non-hydrogen) atoms. The van der Waals surface area contributed by atoms with E-state index in [4.69, 9.17) is 10.5 Å². The molecule has 4 N–H and O–H groups in total. The van der Waals surface area contributed by atoms with Gasteiger partial charge in [-0.2, -0.15) is 5.10 Å². The fourth-order valence-corrected chi connectivity index (χ4v) is 3.13. The van der Waals surface area contributed by atoms with Crippen molar-refractivity contribution in [3.8, 4) is 22.8 Å². The molecule has 0 aliphatic carbocycles. The number of nitrogens with two attached hydrogens (primary N) is 1. The maximum Gasteiger partial charge on any atom is 0.154 e. The van der Waals surface area contributed by atoms with Gasteiger partial charge in [0.05, 0.1) is 47.4 Å². The number of ether oxygens (including phenoxy) is 1. The van der Waals surface area contributed by atoms with Crippen LogP contribution in [0.15, 0.2) is 54.7 Å². The highest BCUT2D eigenvalue weighted by atomic mass is 16.5. The predicted octanol–water partition coefficient (Wildman–Crippen LogP) is 1.80. The minimum Gasteiger partial charge on any atom is -0.490 e. The van der Waals surface area contributed by atoms with Gasteiger partial charge >= 0.3 is 0 Å². The average molecular weight is 391 g/mol. The highest BCUT2D eigenvalue weighted by molar-refractivity contribution is 5.90. The number of hydrogen-bond acceptors (Lipinski definition) is 7. The topological polar surface area (TPSA) is 119 Å². The zero-order valence-corrected chi connectivity index (χ0v) is 15.7. The summed E-state index contributed by atoms with van der Waals surface area (Å²) in [5, 5.41) is 23.8. The molecule has 0 bridgehead atoms. The van der Waals surface area contributed by atoms with Crippen molar-refractivity contribution in [1.82, 2.24) is 19.7 Å². The molecule has 0 radical (unpaired) electrons. The Labute approximate surface area is 167 Å². The third-order valence-electron chi connectivity index (χ3n) is 4.48. The molecule has 3 heterocycles. The second-order valence-electron chi connectivity index (χ2n) is 6.40. The minimum absolute atomic E-state index is 0.0964. The van der Waals surface area contributed by atoms with Gasteiger partial charge in [-0.1, -0.05) is 12.1 Å². The van der Waals surface area contributed by atoms with E-state index in [0.29, 0.717) is 23.8 Å².